The Hall–Kier alpha value is -5.00. The number of ether oxygens (including phenoxy) is 1. The van der Waals surface area contributed by atoms with Crippen molar-refractivity contribution in [1.82, 2.24) is 20.4 Å². The highest BCUT2D eigenvalue weighted by atomic mass is 16.5. The fraction of sp³-hybridized carbons (Fsp3) is 0.310. The predicted molar refractivity (Wildman–Crippen MR) is 155 cm³/mol. The number of carbonyl (C=O) groups excluding carboxylic acids is 4. The Morgan fingerprint density at radius 1 is 0.976 bits per heavy atom. The van der Waals surface area contributed by atoms with Crippen LogP contribution < -0.4 is 26.0 Å². The van der Waals surface area contributed by atoms with E-state index in [2.05, 4.69) is 26.1 Å². The van der Waals surface area contributed by atoms with Crippen LogP contribution in [-0.2, 0) is 4.79 Å². The summed E-state index contributed by atoms with van der Waals surface area (Å²) < 4.78 is 27.7. The molecule has 214 valence electrons. The minimum atomic E-state index is -2.79. The first-order valence-corrected chi connectivity index (χ1v) is 13.1. The maximum Gasteiger partial charge on any atom is 0.273 e. The summed E-state index contributed by atoms with van der Waals surface area (Å²) in [4.78, 5) is 52.7. The summed E-state index contributed by atoms with van der Waals surface area (Å²) in [5.74, 6) is -1.87. The number of methoxy groups -OCH3 is 1. The number of hydrogen-bond donors (Lipinski definition) is 4. The van der Waals surface area contributed by atoms with Crippen LogP contribution in [0.4, 0.5) is 22.9 Å². The van der Waals surface area contributed by atoms with Crippen LogP contribution in [0, 0.1) is 5.92 Å². The molecule has 2 aromatic carbocycles. The van der Waals surface area contributed by atoms with E-state index in [-0.39, 0.29) is 51.9 Å². The van der Waals surface area contributed by atoms with Crippen LogP contribution in [0.3, 0.4) is 0 Å². The summed E-state index contributed by atoms with van der Waals surface area (Å²) >= 11 is 0. The van der Waals surface area contributed by atoms with Gasteiger partial charge < -0.3 is 30.9 Å². The van der Waals surface area contributed by atoms with Gasteiger partial charge in [-0.1, -0.05) is 6.07 Å². The maximum absolute atomic E-state index is 13.3. The Labute approximate surface area is 242 Å². The van der Waals surface area contributed by atoms with Gasteiger partial charge in [-0.15, -0.1) is 10.2 Å². The van der Waals surface area contributed by atoms with Gasteiger partial charge in [-0.2, -0.15) is 0 Å². The molecule has 1 saturated carbocycles. The van der Waals surface area contributed by atoms with E-state index < -0.39 is 18.8 Å². The van der Waals surface area contributed by atoms with Gasteiger partial charge in [0.15, 0.2) is 17.3 Å². The highest BCUT2D eigenvalue weighted by Crippen LogP contribution is 2.34. The lowest BCUT2D eigenvalue weighted by Gasteiger charge is -2.19. The van der Waals surface area contributed by atoms with Crippen molar-refractivity contribution in [2.75, 3.05) is 43.1 Å². The average molecular weight is 563 g/mol. The molecule has 1 aromatic heterocycles. The Balaban J connectivity index is 1.60. The second-order valence-corrected chi connectivity index (χ2v) is 9.23. The zero-order valence-corrected chi connectivity index (χ0v) is 22.9. The lowest BCUT2D eigenvalue weighted by atomic mass is 10.1. The summed E-state index contributed by atoms with van der Waals surface area (Å²) in [5, 5.41) is 18.0. The summed E-state index contributed by atoms with van der Waals surface area (Å²) in [6.07, 6.45) is 1.52. The Morgan fingerprint density at radius 3 is 2.34 bits per heavy atom. The number of aromatic nitrogens is 2. The minimum Gasteiger partial charge on any atom is -0.494 e. The predicted octanol–water partition coefficient (Wildman–Crippen LogP) is 3.67. The maximum atomic E-state index is 13.3. The van der Waals surface area contributed by atoms with Crippen molar-refractivity contribution in [2.24, 2.45) is 5.92 Å². The van der Waals surface area contributed by atoms with E-state index in [0.29, 0.717) is 24.3 Å². The third kappa shape index (κ3) is 6.78. The molecule has 0 aliphatic heterocycles. The highest BCUT2D eigenvalue weighted by Gasteiger charge is 2.30. The van der Waals surface area contributed by atoms with Crippen LogP contribution in [0.25, 0.3) is 0 Å². The molecular formula is C29H33N7O5. The largest absolute Gasteiger partial charge is 0.494 e. The molecule has 3 aromatic rings. The molecule has 1 fully saturated rings. The zero-order valence-electron chi connectivity index (χ0n) is 25.9. The molecular weight excluding hydrogens is 526 g/mol. The van der Waals surface area contributed by atoms with Crippen molar-refractivity contribution in [3.8, 4) is 5.75 Å². The first kappa shape index (κ1) is 25.0. The van der Waals surface area contributed by atoms with Gasteiger partial charge in [0.1, 0.15) is 0 Å². The van der Waals surface area contributed by atoms with Gasteiger partial charge in [-0.05, 0) is 63.1 Å². The monoisotopic (exact) mass is 562 g/mol. The van der Waals surface area contributed by atoms with E-state index in [1.54, 1.807) is 41.3 Å². The number of nitrogens with zero attached hydrogens (tertiary/aromatic N) is 3. The van der Waals surface area contributed by atoms with Crippen LogP contribution in [0.5, 0.6) is 5.75 Å². The van der Waals surface area contributed by atoms with Gasteiger partial charge in [-0.3, -0.25) is 19.2 Å². The van der Waals surface area contributed by atoms with Crippen molar-refractivity contribution in [2.45, 2.75) is 26.7 Å². The van der Waals surface area contributed by atoms with Crippen molar-refractivity contribution in [3.05, 3.63) is 65.4 Å². The number of carbonyl (C=O) groups is 4. The first-order chi connectivity index (χ1) is 20.9. The number of nitrogens with one attached hydrogen (secondary N) is 4. The van der Waals surface area contributed by atoms with Gasteiger partial charge >= 0.3 is 0 Å². The summed E-state index contributed by atoms with van der Waals surface area (Å²) in [7, 11) is 1.36. The van der Waals surface area contributed by atoms with Gasteiger partial charge in [0.25, 0.3) is 17.7 Å². The van der Waals surface area contributed by atoms with E-state index in [0.717, 1.165) is 12.8 Å². The third-order valence-corrected chi connectivity index (χ3v) is 6.50. The van der Waals surface area contributed by atoms with Gasteiger partial charge in [0.2, 0.25) is 5.91 Å². The first-order valence-electron chi connectivity index (χ1n) is 14.6. The number of hydrogen-bond acceptors (Lipinski definition) is 8. The molecule has 12 nitrogen and oxygen atoms in total. The molecule has 4 rings (SSSR count). The van der Waals surface area contributed by atoms with Crippen molar-refractivity contribution >= 4 is 46.5 Å². The molecule has 0 spiro atoms. The molecule has 41 heavy (non-hydrogen) atoms. The lowest BCUT2D eigenvalue weighted by molar-refractivity contribution is -0.117. The molecule has 0 bridgehead atoms. The fourth-order valence-electron chi connectivity index (χ4n) is 4.12. The Bertz CT molecular complexity index is 1560. The Morgan fingerprint density at radius 2 is 1.71 bits per heavy atom. The van der Waals surface area contributed by atoms with E-state index in [1.807, 2.05) is 19.2 Å². The van der Waals surface area contributed by atoms with Gasteiger partial charge in [0, 0.05) is 47.4 Å². The molecule has 0 radical (unpaired) electrons. The molecule has 4 amide bonds. The molecule has 12 heteroatoms. The molecule has 0 saturated heterocycles. The third-order valence-electron chi connectivity index (χ3n) is 6.50. The second kappa shape index (κ2) is 12.9. The average Bonchev–Trinajstić information content (AvgIpc) is 3.83. The quantitative estimate of drug-likeness (QED) is 0.276. The highest BCUT2D eigenvalue weighted by molar-refractivity contribution is 6.08. The van der Waals surface area contributed by atoms with Crippen molar-refractivity contribution < 1.29 is 28.0 Å². The van der Waals surface area contributed by atoms with Crippen molar-refractivity contribution in [3.63, 3.8) is 0 Å². The van der Waals surface area contributed by atoms with Gasteiger partial charge in [-0.25, -0.2) is 0 Å². The fourth-order valence-corrected chi connectivity index (χ4v) is 4.12. The van der Waals surface area contributed by atoms with E-state index in [4.69, 9.17) is 8.85 Å². The Kier molecular flexibility index (Phi) is 7.87. The van der Waals surface area contributed by atoms with Crippen LogP contribution in [0.1, 0.15) is 62.0 Å². The number of benzene rings is 2. The standard InChI is InChI=1S/C29H33N7O5/c1-5-36(6-2)29(40)18-12-14-19(15-13-18)31-27(38)20-8-7-9-21(25(20)41-4)32-22-16-23(33-26(37)17-10-11-17)34-35-24(22)28(39)30-3/h7-9,12-17H,5-6,10-11H2,1-4H3,(H,30,39)(H,31,38)(H2,32,33,34,37)/i3D3. The molecule has 0 unspecified atom stereocenters. The number of para-hydroxylation sites is 1. The number of rotatable bonds is 11. The van der Waals surface area contributed by atoms with Crippen molar-refractivity contribution in [1.29, 1.82) is 0 Å². The SMILES string of the molecule is [2H]C([2H])([2H])NC(=O)c1nnc(NC(=O)C2CC2)cc1Nc1cccc(C(=O)Nc2ccc(C(=O)N(CC)CC)cc2)c1OC. The summed E-state index contributed by atoms with van der Waals surface area (Å²) in [6, 6.07) is 12.6. The lowest BCUT2D eigenvalue weighted by Crippen LogP contribution is -2.30. The zero-order chi connectivity index (χ0) is 32.0. The van der Waals surface area contributed by atoms with E-state index in [1.165, 1.54) is 19.2 Å². The minimum absolute atomic E-state index is 0.0113. The van der Waals surface area contributed by atoms with E-state index >= 15 is 0 Å². The summed E-state index contributed by atoms with van der Waals surface area (Å²) in [5.41, 5.74) is 0.977. The number of amides is 4. The molecule has 0 atom stereocenters. The molecule has 1 aliphatic rings. The van der Waals surface area contributed by atoms with Gasteiger partial charge in [0.05, 0.1) is 24.0 Å². The van der Waals surface area contributed by atoms with Crippen LogP contribution in [0.2, 0.25) is 0 Å². The van der Waals surface area contributed by atoms with Crippen LogP contribution in [-0.4, -0.2) is 65.9 Å². The van der Waals surface area contributed by atoms with Crippen LogP contribution >= 0.6 is 0 Å². The smallest absolute Gasteiger partial charge is 0.273 e. The topological polar surface area (TPSA) is 155 Å². The molecule has 1 aliphatic carbocycles. The summed E-state index contributed by atoms with van der Waals surface area (Å²) in [6.45, 7) is 2.17. The molecule has 4 N–H and O–H groups in total. The number of anilines is 4. The molecule has 1 heterocycles. The second-order valence-electron chi connectivity index (χ2n) is 9.23. The normalized spacial score (nSPS) is 13.6. The van der Waals surface area contributed by atoms with E-state index in [9.17, 15) is 19.2 Å². The van der Waals surface area contributed by atoms with Crippen LogP contribution in [0.15, 0.2) is 48.5 Å².